The monoisotopic (exact) mass is 664 g/mol. The number of nitrogens with one attached hydrogen (secondary N) is 3. The van der Waals surface area contributed by atoms with Crippen molar-refractivity contribution < 1.29 is 37.0 Å². The molecule has 5 rings (SSSR count). The number of carbonyl (C=O) groups is 3. The zero-order valence-electron chi connectivity index (χ0n) is 27.1. The van der Waals surface area contributed by atoms with Gasteiger partial charge in [-0.3, -0.25) is 14.9 Å². The van der Waals surface area contributed by atoms with Crippen LogP contribution in [0, 0.1) is 0 Å². The lowest BCUT2D eigenvalue weighted by molar-refractivity contribution is -0.133. The summed E-state index contributed by atoms with van der Waals surface area (Å²) in [5.74, 6) is 0.439. The lowest BCUT2D eigenvalue weighted by atomic mass is 9.98. The van der Waals surface area contributed by atoms with Gasteiger partial charge in [0, 0.05) is 30.0 Å². The number of rotatable bonds is 10. The average Bonchev–Trinajstić information content (AvgIpc) is 3.57. The maximum atomic E-state index is 14.7. The Morgan fingerprint density at radius 3 is 2.40 bits per heavy atom. The highest BCUT2D eigenvalue weighted by Gasteiger charge is 2.38. The molecule has 3 amide bonds. The Morgan fingerprint density at radius 2 is 1.70 bits per heavy atom. The predicted octanol–water partition coefficient (Wildman–Crippen LogP) is 4.87. The number of carbonyl (C=O) groups excluding carboxylic acids is 3. The summed E-state index contributed by atoms with van der Waals surface area (Å²) in [6, 6.07) is 13.7. The van der Waals surface area contributed by atoms with Gasteiger partial charge in [0.1, 0.15) is 6.04 Å². The molecule has 0 saturated carbocycles. The van der Waals surface area contributed by atoms with Crippen LogP contribution < -0.4 is 25.4 Å². The van der Waals surface area contributed by atoms with Crippen molar-refractivity contribution in [3.05, 3.63) is 76.9 Å². The van der Waals surface area contributed by atoms with Gasteiger partial charge in [0.25, 0.3) is 5.91 Å². The number of benzene rings is 3. The van der Waals surface area contributed by atoms with Crippen LogP contribution in [-0.2, 0) is 25.8 Å². The van der Waals surface area contributed by atoms with Crippen molar-refractivity contribution in [2.45, 2.75) is 55.3 Å². The van der Waals surface area contributed by atoms with Crippen LogP contribution >= 0.6 is 0 Å². The van der Waals surface area contributed by atoms with E-state index < -0.39 is 33.3 Å². The van der Waals surface area contributed by atoms with E-state index in [-0.39, 0.29) is 16.7 Å². The van der Waals surface area contributed by atoms with Crippen molar-refractivity contribution in [1.82, 2.24) is 10.2 Å². The maximum absolute atomic E-state index is 14.7. The van der Waals surface area contributed by atoms with Crippen LogP contribution in [0.3, 0.4) is 0 Å². The molecule has 2 aliphatic rings. The maximum Gasteiger partial charge on any atom is 0.411 e. The van der Waals surface area contributed by atoms with Gasteiger partial charge in [0.15, 0.2) is 21.3 Å². The zero-order valence-corrected chi connectivity index (χ0v) is 27.9. The summed E-state index contributed by atoms with van der Waals surface area (Å²) < 4.78 is 42.8. The fraction of sp³-hybridized carbons (Fsp3) is 0.382. The van der Waals surface area contributed by atoms with Crippen molar-refractivity contribution in [3.8, 4) is 11.5 Å². The van der Waals surface area contributed by atoms with Crippen LogP contribution in [0.1, 0.15) is 65.8 Å². The molecule has 0 spiro atoms. The minimum absolute atomic E-state index is 0.101. The number of hydrogen-bond acceptors (Lipinski definition) is 9. The Morgan fingerprint density at radius 1 is 0.957 bits per heavy atom. The van der Waals surface area contributed by atoms with Gasteiger partial charge < -0.3 is 29.7 Å². The van der Waals surface area contributed by atoms with Crippen molar-refractivity contribution in [3.63, 3.8) is 0 Å². The van der Waals surface area contributed by atoms with Gasteiger partial charge >= 0.3 is 6.09 Å². The Balaban J connectivity index is 1.59. The van der Waals surface area contributed by atoms with Crippen LogP contribution in [-0.4, -0.2) is 70.9 Å². The number of methoxy groups -OCH3 is 3. The average molecular weight is 665 g/mol. The Hall–Kier alpha value is -4.78. The predicted molar refractivity (Wildman–Crippen MR) is 177 cm³/mol. The third-order valence-electron chi connectivity index (χ3n) is 8.60. The fourth-order valence-corrected chi connectivity index (χ4v) is 7.37. The van der Waals surface area contributed by atoms with Crippen molar-refractivity contribution in [1.29, 1.82) is 0 Å². The van der Waals surface area contributed by atoms with E-state index in [1.807, 2.05) is 12.1 Å². The highest BCUT2D eigenvalue weighted by atomic mass is 32.2. The van der Waals surface area contributed by atoms with E-state index in [2.05, 4.69) is 16.0 Å². The first kappa shape index (κ1) is 33.6. The molecule has 13 heteroatoms. The second-order valence-electron chi connectivity index (χ2n) is 11.7. The van der Waals surface area contributed by atoms with E-state index in [1.165, 1.54) is 33.5 Å². The van der Waals surface area contributed by atoms with Crippen molar-refractivity contribution >= 4 is 39.1 Å². The first-order valence-electron chi connectivity index (χ1n) is 15.4. The first-order chi connectivity index (χ1) is 22.5. The second kappa shape index (κ2) is 13.9. The summed E-state index contributed by atoms with van der Waals surface area (Å²) in [4.78, 5) is 41.2. The molecule has 0 bridgehead atoms. The molecule has 3 aromatic rings. The van der Waals surface area contributed by atoms with Crippen molar-refractivity contribution in [2.24, 2.45) is 0 Å². The number of fused-ring (bicyclic) bond motifs is 1. The van der Waals surface area contributed by atoms with Gasteiger partial charge in [-0.1, -0.05) is 12.1 Å². The number of nitrogens with zero attached hydrogens (tertiary/aromatic N) is 1. The molecule has 0 aromatic heterocycles. The van der Waals surface area contributed by atoms with Gasteiger partial charge in [0.05, 0.1) is 37.5 Å². The Labute approximate surface area is 274 Å². The van der Waals surface area contributed by atoms with Gasteiger partial charge in [-0.25, -0.2) is 13.2 Å². The van der Waals surface area contributed by atoms with E-state index >= 15 is 0 Å². The standard InChI is InChI=1S/C34H40N4O8S/c1-20(2)47(42,43)30-13-11-24(37-34(41)46-5)19-26(30)27-7-6-16-38(27)33(40)31(22-9-12-28(44-3)29(17-22)45-4)36-23-10-8-21-14-15-35-32(39)25(21)18-23/h8-13,17-20,27,31,36H,6-7,14-16H2,1-5H3,(H,35,39)(H,37,41)/t27-,31-/m1/s1. The SMILES string of the molecule is COC(=O)Nc1ccc(S(=O)(=O)C(C)C)c([C@H]2CCCN2C(=O)[C@H](Nc2ccc3c(c2)C(=O)NCC3)c2ccc(OC)c(OC)c2)c1. The minimum atomic E-state index is -3.76. The molecule has 250 valence electrons. The van der Waals surface area contributed by atoms with Crippen LogP contribution in [0.4, 0.5) is 16.2 Å². The Bertz CT molecular complexity index is 1790. The molecule has 2 heterocycles. The molecule has 1 fully saturated rings. The van der Waals surface area contributed by atoms with Crippen LogP contribution in [0.2, 0.25) is 0 Å². The van der Waals surface area contributed by atoms with Gasteiger partial charge in [-0.15, -0.1) is 0 Å². The number of ether oxygens (including phenoxy) is 3. The first-order valence-corrected chi connectivity index (χ1v) is 17.0. The molecule has 3 N–H and O–H groups in total. The lowest BCUT2D eigenvalue weighted by Gasteiger charge is -2.32. The largest absolute Gasteiger partial charge is 0.493 e. The van der Waals surface area contributed by atoms with E-state index in [4.69, 9.17) is 14.2 Å². The number of hydrogen-bond donors (Lipinski definition) is 3. The van der Waals surface area contributed by atoms with E-state index in [0.717, 1.165) is 5.56 Å². The normalized spacial score (nSPS) is 16.6. The Kier molecular flexibility index (Phi) is 9.94. The molecule has 12 nitrogen and oxygen atoms in total. The zero-order chi connectivity index (χ0) is 33.9. The van der Waals surface area contributed by atoms with E-state index in [0.29, 0.717) is 71.9 Å². The second-order valence-corrected chi connectivity index (χ2v) is 14.2. The fourth-order valence-electron chi connectivity index (χ4n) is 6.08. The van der Waals surface area contributed by atoms with Crippen LogP contribution in [0.5, 0.6) is 11.5 Å². The van der Waals surface area contributed by atoms with Gasteiger partial charge in [-0.05, 0) is 92.3 Å². The highest BCUT2D eigenvalue weighted by Crippen LogP contribution is 2.41. The minimum Gasteiger partial charge on any atom is -0.493 e. The quantitative estimate of drug-likeness (QED) is 0.276. The smallest absolute Gasteiger partial charge is 0.411 e. The molecule has 3 aromatic carbocycles. The highest BCUT2D eigenvalue weighted by molar-refractivity contribution is 7.92. The summed E-state index contributed by atoms with van der Waals surface area (Å²) in [6.45, 7) is 4.14. The number of sulfone groups is 1. The topological polar surface area (TPSA) is 152 Å². The molecule has 47 heavy (non-hydrogen) atoms. The molecule has 0 unspecified atom stereocenters. The lowest BCUT2D eigenvalue weighted by Crippen LogP contribution is -2.38. The summed E-state index contributed by atoms with van der Waals surface area (Å²) in [7, 11) is 0.511. The summed E-state index contributed by atoms with van der Waals surface area (Å²) in [6.07, 6.45) is 1.14. The number of anilines is 2. The summed E-state index contributed by atoms with van der Waals surface area (Å²) in [5.41, 5.74) is 3.36. The molecular formula is C34H40N4O8S. The van der Waals surface area contributed by atoms with E-state index in [1.54, 1.807) is 49.1 Å². The molecular weight excluding hydrogens is 624 g/mol. The molecule has 0 radical (unpaired) electrons. The van der Waals surface area contributed by atoms with Crippen LogP contribution in [0.15, 0.2) is 59.5 Å². The van der Waals surface area contributed by atoms with Crippen molar-refractivity contribution in [2.75, 3.05) is 45.1 Å². The van der Waals surface area contributed by atoms with E-state index in [9.17, 15) is 22.8 Å². The van der Waals surface area contributed by atoms with Gasteiger partial charge in [0.2, 0.25) is 5.91 Å². The summed E-state index contributed by atoms with van der Waals surface area (Å²) >= 11 is 0. The molecule has 2 atom stereocenters. The third kappa shape index (κ3) is 6.85. The number of likely N-dealkylation sites (tertiary alicyclic amines) is 1. The third-order valence-corrected chi connectivity index (χ3v) is 10.8. The summed E-state index contributed by atoms with van der Waals surface area (Å²) in [5, 5.41) is 8.11. The molecule has 0 aliphatic carbocycles. The number of amides is 3. The van der Waals surface area contributed by atoms with Gasteiger partial charge in [-0.2, -0.15) is 0 Å². The molecule has 2 aliphatic heterocycles. The van der Waals surface area contributed by atoms with Crippen LogP contribution in [0.25, 0.3) is 0 Å². The molecule has 1 saturated heterocycles.